The van der Waals surface area contributed by atoms with Gasteiger partial charge in [0.25, 0.3) is 0 Å². The van der Waals surface area contributed by atoms with Crippen LogP contribution < -0.4 is 11.1 Å². The number of nitrogens with two attached hydrogens (primary N) is 1. The minimum atomic E-state index is -0.220. The molecule has 140 valence electrons. The minimum absolute atomic E-state index is 0.0463. The molecule has 1 saturated heterocycles. The largest absolute Gasteiger partial charge is 0.469 e. The van der Waals surface area contributed by atoms with Crippen LogP contribution in [0.3, 0.4) is 0 Å². The number of thiazole rings is 1. The molecule has 0 radical (unpaired) electrons. The van der Waals surface area contributed by atoms with E-state index in [1.165, 1.54) is 17.6 Å². The van der Waals surface area contributed by atoms with Gasteiger partial charge in [-0.3, -0.25) is 9.59 Å². The fourth-order valence-corrected chi connectivity index (χ4v) is 3.49. The quantitative estimate of drug-likeness (QED) is 0.783. The molecule has 1 aliphatic rings. The summed E-state index contributed by atoms with van der Waals surface area (Å²) in [6.07, 6.45) is 3.13. The molecule has 0 aliphatic carbocycles. The molecular weight excluding hydrogens is 350 g/mol. The Hall–Kier alpha value is -2.25. The number of nitrogens with zero attached hydrogens (tertiary/aromatic N) is 1. The molecule has 26 heavy (non-hydrogen) atoms. The Labute approximate surface area is 157 Å². The van der Waals surface area contributed by atoms with Crippen molar-refractivity contribution in [2.45, 2.75) is 38.6 Å². The van der Waals surface area contributed by atoms with Crippen molar-refractivity contribution < 1.29 is 14.3 Å². The molecule has 1 aromatic carbocycles. The van der Waals surface area contributed by atoms with Crippen molar-refractivity contribution in [3.63, 3.8) is 0 Å². The van der Waals surface area contributed by atoms with Crippen molar-refractivity contribution in [3.8, 4) is 10.4 Å². The predicted octanol–water partition coefficient (Wildman–Crippen LogP) is 2.45. The minimum Gasteiger partial charge on any atom is -0.469 e. The first-order chi connectivity index (χ1) is 12.5. The predicted molar refractivity (Wildman–Crippen MR) is 103 cm³/mol. The number of carbonyl (C=O) groups is 2. The molecular formula is C19H25N3O3S. The summed E-state index contributed by atoms with van der Waals surface area (Å²) >= 11 is 1.65. The third-order valence-corrected chi connectivity index (χ3v) is 5.19. The Morgan fingerprint density at radius 1 is 1.35 bits per heavy atom. The molecule has 3 rings (SSSR count). The molecule has 1 atom stereocenters. The van der Waals surface area contributed by atoms with E-state index in [-0.39, 0.29) is 17.9 Å². The Kier molecular flexibility index (Phi) is 7.74. The van der Waals surface area contributed by atoms with Gasteiger partial charge in [-0.1, -0.05) is 24.3 Å². The number of amides is 1. The summed E-state index contributed by atoms with van der Waals surface area (Å²) in [5.41, 5.74) is 10.2. The van der Waals surface area contributed by atoms with Gasteiger partial charge in [-0.2, -0.15) is 0 Å². The highest BCUT2D eigenvalue weighted by molar-refractivity contribution is 7.13. The normalized spacial score (nSPS) is 15.8. The number of aryl methyl sites for hydroxylation is 2. The fourth-order valence-electron chi connectivity index (χ4n) is 2.68. The molecule has 1 aromatic heterocycles. The molecule has 7 heteroatoms. The molecule has 0 spiro atoms. The highest BCUT2D eigenvalue weighted by Crippen LogP contribution is 2.27. The fraction of sp³-hybridized carbons (Fsp3) is 0.421. The van der Waals surface area contributed by atoms with Gasteiger partial charge >= 0.3 is 5.97 Å². The first-order valence-corrected chi connectivity index (χ1v) is 9.48. The second-order valence-corrected chi connectivity index (χ2v) is 6.95. The number of esters is 1. The van der Waals surface area contributed by atoms with Crippen molar-refractivity contribution in [3.05, 3.63) is 41.0 Å². The lowest BCUT2D eigenvalue weighted by atomic mass is 10.1. The van der Waals surface area contributed by atoms with E-state index in [1.54, 1.807) is 11.3 Å². The number of rotatable bonds is 5. The van der Waals surface area contributed by atoms with Crippen LogP contribution in [0.1, 0.15) is 30.5 Å². The van der Waals surface area contributed by atoms with Gasteiger partial charge in [0.05, 0.1) is 29.2 Å². The van der Waals surface area contributed by atoms with Crippen LogP contribution in [-0.4, -0.2) is 36.6 Å². The van der Waals surface area contributed by atoms with E-state index < -0.39 is 0 Å². The number of primary amides is 1. The van der Waals surface area contributed by atoms with Gasteiger partial charge in [0.2, 0.25) is 5.91 Å². The number of nitrogens with one attached hydrogen (secondary N) is 1. The lowest BCUT2D eigenvalue weighted by Crippen LogP contribution is -2.36. The van der Waals surface area contributed by atoms with E-state index in [0.717, 1.165) is 30.6 Å². The molecule has 1 amide bonds. The third kappa shape index (κ3) is 5.93. The zero-order chi connectivity index (χ0) is 18.9. The Balaban J connectivity index is 0.000000254. The molecule has 3 N–H and O–H groups in total. The number of benzene rings is 1. The third-order valence-electron chi connectivity index (χ3n) is 4.21. The van der Waals surface area contributed by atoms with Crippen LogP contribution in [0.5, 0.6) is 0 Å². The van der Waals surface area contributed by atoms with Crippen molar-refractivity contribution in [1.29, 1.82) is 0 Å². The van der Waals surface area contributed by atoms with Crippen LogP contribution in [-0.2, 0) is 20.7 Å². The molecule has 0 saturated carbocycles. The number of ether oxygens (including phenoxy) is 1. The van der Waals surface area contributed by atoms with Crippen molar-refractivity contribution in [1.82, 2.24) is 10.3 Å². The van der Waals surface area contributed by atoms with Crippen molar-refractivity contribution in [2.24, 2.45) is 5.73 Å². The molecule has 0 bridgehead atoms. The van der Waals surface area contributed by atoms with E-state index >= 15 is 0 Å². The molecule has 1 fully saturated rings. The highest BCUT2D eigenvalue weighted by Gasteiger charge is 2.18. The van der Waals surface area contributed by atoms with Crippen LogP contribution >= 0.6 is 11.3 Å². The maximum absolute atomic E-state index is 11.1. The van der Waals surface area contributed by atoms with Crippen molar-refractivity contribution in [2.75, 3.05) is 13.7 Å². The lowest BCUT2D eigenvalue weighted by molar-refractivity contribution is -0.140. The van der Waals surface area contributed by atoms with Gasteiger partial charge in [-0.15, -0.1) is 11.3 Å². The number of carbonyl (C=O) groups excluding carboxylic acids is 2. The van der Waals surface area contributed by atoms with Crippen molar-refractivity contribution >= 4 is 23.2 Å². The lowest BCUT2D eigenvalue weighted by Gasteiger charge is -2.03. The standard InChI is InChI=1S/C14H15NO2S.C5H10N2O/c1-10-14(18-9-15-10)12-6-3-11(4-7-12)5-8-13(16)17-2;6-5(8)4-2-1-3-7-4/h3-4,6-7,9H,5,8H2,1-2H3;4,7H,1-3H2,(H2,6,8). The average Bonchev–Trinajstić information content (AvgIpc) is 3.32. The SMILES string of the molecule is COC(=O)CCc1ccc(-c2scnc2C)cc1.NC(=O)C1CCCN1. The van der Waals surface area contributed by atoms with E-state index in [9.17, 15) is 9.59 Å². The van der Waals surface area contributed by atoms with Gasteiger partial charge in [-0.25, -0.2) is 4.98 Å². The van der Waals surface area contributed by atoms with Gasteiger partial charge in [0.15, 0.2) is 0 Å². The monoisotopic (exact) mass is 375 g/mol. The molecule has 2 aromatic rings. The zero-order valence-corrected chi connectivity index (χ0v) is 16.0. The maximum atomic E-state index is 11.1. The van der Waals surface area contributed by atoms with Gasteiger partial charge in [0.1, 0.15) is 0 Å². The maximum Gasteiger partial charge on any atom is 0.305 e. The molecule has 1 aliphatic heterocycles. The van der Waals surface area contributed by atoms with Gasteiger partial charge in [0, 0.05) is 6.42 Å². The van der Waals surface area contributed by atoms with Gasteiger partial charge in [-0.05, 0) is 43.9 Å². The van der Waals surface area contributed by atoms with E-state index in [0.29, 0.717) is 12.8 Å². The number of methoxy groups -OCH3 is 1. The molecule has 6 nitrogen and oxygen atoms in total. The van der Waals surface area contributed by atoms with E-state index in [1.807, 2.05) is 12.4 Å². The number of hydrogen-bond acceptors (Lipinski definition) is 6. The van der Waals surface area contributed by atoms with Crippen LogP contribution in [0.2, 0.25) is 0 Å². The summed E-state index contributed by atoms with van der Waals surface area (Å²) in [7, 11) is 1.41. The van der Waals surface area contributed by atoms with Gasteiger partial charge < -0.3 is 15.8 Å². The number of hydrogen-bond donors (Lipinski definition) is 2. The van der Waals surface area contributed by atoms with Crippen LogP contribution in [0.15, 0.2) is 29.8 Å². The van der Waals surface area contributed by atoms with Crippen LogP contribution in [0, 0.1) is 6.92 Å². The van der Waals surface area contributed by atoms with Crippen LogP contribution in [0.4, 0.5) is 0 Å². The Bertz CT molecular complexity index is 722. The summed E-state index contributed by atoms with van der Waals surface area (Å²) < 4.78 is 4.62. The first kappa shape index (κ1) is 20.1. The highest BCUT2D eigenvalue weighted by atomic mass is 32.1. The zero-order valence-electron chi connectivity index (χ0n) is 15.2. The number of aromatic nitrogens is 1. The Morgan fingerprint density at radius 2 is 2.08 bits per heavy atom. The average molecular weight is 375 g/mol. The summed E-state index contributed by atoms with van der Waals surface area (Å²) in [5.74, 6) is -0.389. The second-order valence-electron chi connectivity index (χ2n) is 6.09. The first-order valence-electron chi connectivity index (χ1n) is 8.60. The Morgan fingerprint density at radius 3 is 2.54 bits per heavy atom. The summed E-state index contributed by atoms with van der Waals surface area (Å²) in [4.78, 5) is 26.9. The summed E-state index contributed by atoms with van der Waals surface area (Å²) in [6.45, 7) is 2.95. The molecule has 1 unspecified atom stereocenters. The smallest absolute Gasteiger partial charge is 0.305 e. The second kappa shape index (κ2) is 10.0. The molecule has 2 heterocycles. The summed E-state index contributed by atoms with van der Waals surface area (Å²) in [5, 5.41) is 2.98. The topological polar surface area (TPSA) is 94.3 Å². The summed E-state index contributed by atoms with van der Waals surface area (Å²) in [6, 6.07) is 8.21. The van der Waals surface area contributed by atoms with Crippen LogP contribution in [0.25, 0.3) is 10.4 Å². The van der Waals surface area contributed by atoms with E-state index in [2.05, 4.69) is 39.3 Å². The van der Waals surface area contributed by atoms with E-state index in [4.69, 9.17) is 5.73 Å².